The molecule has 47 heavy (non-hydrogen) atoms. The van der Waals surface area contributed by atoms with Crippen molar-refractivity contribution in [2.75, 3.05) is 19.6 Å². The van der Waals surface area contributed by atoms with Gasteiger partial charge in [-0.1, -0.05) is 44.4 Å². The number of fused-ring (bicyclic) bond motifs is 6. The molecule has 0 aromatic carbocycles. The second-order valence-electron chi connectivity index (χ2n) is 17.6. The van der Waals surface area contributed by atoms with E-state index in [-0.39, 0.29) is 28.9 Å². The molecular weight excluding hydrogens is 605 g/mol. The van der Waals surface area contributed by atoms with E-state index in [9.17, 15) is 14.4 Å². The van der Waals surface area contributed by atoms with E-state index in [0.29, 0.717) is 54.9 Å². The number of carbonyl (C=O) groups is 3. The molecule has 2 unspecified atom stereocenters. The van der Waals surface area contributed by atoms with E-state index in [1.165, 1.54) is 24.8 Å². The fourth-order valence-corrected chi connectivity index (χ4v) is 11.1. The number of likely N-dealkylation sites (tertiary alicyclic amines) is 1. The van der Waals surface area contributed by atoms with Crippen molar-refractivity contribution in [3.8, 4) is 0 Å². The summed E-state index contributed by atoms with van der Waals surface area (Å²) in [7, 11) is 2.56. The number of hydrogen-bond acceptors (Lipinski definition) is 5. The Hall–Kier alpha value is -1.56. The number of nitrogens with zero attached hydrogens (tertiary/aromatic N) is 1. The molecule has 8 heteroatoms. The Balaban J connectivity index is 1.14. The number of amides is 2. The van der Waals surface area contributed by atoms with Crippen LogP contribution in [0.4, 0.5) is 0 Å². The van der Waals surface area contributed by atoms with Gasteiger partial charge < -0.3 is 15.4 Å². The van der Waals surface area contributed by atoms with Gasteiger partial charge in [-0.25, -0.2) is 0 Å². The third-order valence-corrected chi connectivity index (χ3v) is 14.3. The van der Waals surface area contributed by atoms with Gasteiger partial charge in [0.05, 0.1) is 16.9 Å². The van der Waals surface area contributed by atoms with Gasteiger partial charge in [0.15, 0.2) is 5.78 Å². The van der Waals surface area contributed by atoms with Gasteiger partial charge >= 0.3 is 0 Å². The number of allylic oxidation sites excluding steroid dienone is 3. The summed E-state index contributed by atoms with van der Waals surface area (Å²) in [6.45, 7) is 19.5. The largest absolute Gasteiger partial charge is 0.369 e. The van der Waals surface area contributed by atoms with Crippen molar-refractivity contribution < 1.29 is 19.1 Å². The number of ether oxygens (including phenoxy) is 1. The molecule has 0 aromatic rings. The molecule has 0 bridgehead atoms. The Bertz CT molecular complexity index is 1350. The first-order valence-corrected chi connectivity index (χ1v) is 19.3. The molecule has 2 saturated heterocycles. The van der Waals surface area contributed by atoms with Gasteiger partial charge in [0.2, 0.25) is 11.8 Å². The van der Waals surface area contributed by atoms with Gasteiger partial charge in [-0.05, 0) is 121 Å². The third-order valence-electron chi connectivity index (χ3n) is 14.0. The van der Waals surface area contributed by atoms with Crippen LogP contribution in [0.2, 0.25) is 0 Å². The van der Waals surface area contributed by atoms with Crippen LogP contribution in [0.15, 0.2) is 22.8 Å². The summed E-state index contributed by atoms with van der Waals surface area (Å²) < 4.78 is 7.29. The molecule has 2 heterocycles. The maximum absolute atomic E-state index is 13.4. The van der Waals surface area contributed by atoms with Crippen LogP contribution in [0.3, 0.4) is 0 Å². The molecule has 11 atom stereocenters. The summed E-state index contributed by atoms with van der Waals surface area (Å²) >= 11 is 0. The first-order chi connectivity index (χ1) is 22.0. The highest BCUT2D eigenvalue weighted by molar-refractivity contribution is 7.20. The van der Waals surface area contributed by atoms with Crippen LogP contribution in [-0.2, 0) is 19.1 Å². The number of rotatable bonds is 7. The molecule has 6 aliphatic rings. The Morgan fingerprint density at radius 1 is 1.13 bits per heavy atom. The van der Waals surface area contributed by atoms with Crippen LogP contribution in [0.5, 0.6) is 0 Å². The van der Waals surface area contributed by atoms with Crippen molar-refractivity contribution in [3.63, 3.8) is 0 Å². The fourth-order valence-electron chi connectivity index (χ4n) is 11.0. The van der Waals surface area contributed by atoms with E-state index in [1.807, 2.05) is 33.8 Å². The molecule has 0 radical (unpaired) electrons. The van der Waals surface area contributed by atoms with E-state index in [0.717, 1.165) is 51.1 Å². The standard InChI is InChI=1S/C39H62N3O4P/c1-9-38(8,41-34(44)36(5,6)47)35(45)40-16-17-42-22-23(2)18-32-33(42)25(4)39(46-32)15-13-28-29-11-10-26-19-27(43)12-14-37(26,7)31(29)20-30(28)24(3)21-39/h19,23,25,28-29,31-33H,9-18,20-22,47H2,1-8H3,(H,40,45)(H,41,44)/t23-,25+,28-,29?,31-,32+,33-,37-,38-,39-/m0/s1. The molecule has 4 aliphatic carbocycles. The van der Waals surface area contributed by atoms with Crippen LogP contribution in [-0.4, -0.2) is 70.6 Å². The van der Waals surface area contributed by atoms with Crippen molar-refractivity contribution in [2.24, 2.45) is 35.0 Å². The lowest BCUT2D eigenvalue weighted by molar-refractivity contribution is -0.134. The van der Waals surface area contributed by atoms with E-state index >= 15 is 0 Å². The maximum atomic E-state index is 13.4. The first kappa shape index (κ1) is 35.3. The zero-order valence-electron chi connectivity index (χ0n) is 30.5. The van der Waals surface area contributed by atoms with E-state index in [2.05, 4.69) is 52.5 Å². The SMILES string of the molecule is CC[C@](C)(NC(=O)C(C)(C)P)C(=O)NCCN1C[C@@H](C)C[C@H]2O[C@]3(CC[C@@H]4C(=C(C)C3)C[C@H]3C4CCC4=CC(=O)CC[C@@]43C)[C@H](C)[C@@H]21. The highest BCUT2D eigenvalue weighted by Crippen LogP contribution is 2.64. The molecule has 7 nitrogen and oxygen atoms in total. The van der Waals surface area contributed by atoms with Crippen LogP contribution in [0.25, 0.3) is 0 Å². The number of piperidine rings is 1. The normalized spacial score (nSPS) is 40.1. The Morgan fingerprint density at radius 3 is 2.57 bits per heavy atom. The summed E-state index contributed by atoms with van der Waals surface area (Å²) in [4.78, 5) is 41.0. The lowest BCUT2D eigenvalue weighted by Crippen LogP contribution is -2.60. The van der Waals surface area contributed by atoms with Gasteiger partial charge in [0.1, 0.15) is 5.54 Å². The van der Waals surface area contributed by atoms with Crippen molar-refractivity contribution in [3.05, 3.63) is 22.8 Å². The minimum atomic E-state index is -0.944. The highest BCUT2D eigenvalue weighted by Gasteiger charge is 2.59. The molecule has 1 spiro atoms. The highest BCUT2D eigenvalue weighted by atomic mass is 31.0. The summed E-state index contributed by atoms with van der Waals surface area (Å²) in [5.41, 5.74) is 3.87. The maximum Gasteiger partial charge on any atom is 0.245 e. The quantitative estimate of drug-likeness (QED) is 0.244. The fraction of sp³-hybridized carbons (Fsp3) is 0.821. The summed E-state index contributed by atoms with van der Waals surface area (Å²) in [5, 5.41) is 5.54. The molecule has 4 fully saturated rings. The molecule has 2 aliphatic heterocycles. The van der Waals surface area contributed by atoms with Crippen molar-refractivity contribution >= 4 is 26.8 Å². The van der Waals surface area contributed by atoms with Crippen LogP contribution >= 0.6 is 9.24 Å². The predicted molar refractivity (Wildman–Crippen MR) is 191 cm³/mol. The average Bonchev–Trinajstić information content (AvgIpc) is 3.46. The molecule has 2 amide bonds. The second kappa shape index (κ2) is 12.6. The number of ketones is 1. The van der Waals surface area contributed by atoms with E-state index in [4.69, 9.17) is 4.74 Å². The minimum Gasteiger partial charge on any atom is -0.369 e. The molecular formula is C39H62N3O4P. The second-order valence-corrected chi connectivity index (χ2v) is 19.1. The van der Waals surface area contributed by atoms with Crippen LogP contribution < -0.4 is 10.6 Å². The van der Waals surface area contributed by atoms with Gasteiger partial charge in [-0.2, -0.15) is 0 Å². The van der Waals surface area contributed by atoms with E-state index in [1.54, 1.807) is 11.1 Å². The smallest absolute Gasteiger partial charge is 0.245 e. The molecule has 0 aromatic heterocycles. The van der Waals surface area contributed by atoms with Gasteiger partial charge in [0.25, 0.3) is 0 Å². The number of hydrogen-bond donors (Lipinski definition) is 2. The van der Waals surface area contributed by atoms with Gasteiger partial charge in [-0.3, -0.25) is 19.3 Å². The molecule has 2 N–H and O–H groups in total. The average molecular weight is 668 g/mol. The first-order valence-electron chi connectivity index (χ1n) is 18.8. The zero-order chi connectivity index (χ0) is 34.1. The lowest BCUT2D eigenvalue weighted by atomic mass is 9.56. The predicted octanol–water partition coefficient (Wildman–Crippen LogP) is 6.37. The van der Waals surface area contributed by atoms with Gasteiger partial charge in [-0.15, -0.1) is 9.24 Å². The summed E-state index contributed by atoms with van der Waals surface area (Å²) in [6.07, 6.45) is 12.5. The Morgan fingerprint density at radius 2 is 1.87 bits per heavy atom. The van der Waals surface area contributed by atoms with E-state index < -0.39 is 10.7 Å². The minimum absolute atomic E-state index is 0.119. The van der Waals surface area contributed by atoms with Crippen molar-refractivity contribution in [2.45, 2.75) is 148 Å². The lowest BCUT2D eigenvalue weighted by Gasteiger charge is -2.48. The molecule has 6 rings (SSSR count). The summed E-state index contributed by atoms with van der Waals surface area (Å²) in [5.74, 6) is 3.08. The summed E-state index contributed by atoms with van der Waals surface area (Å²) in [6, 6.07) is 0.350. The van der Waals surface area contributed by atoms with Crippen molar-refractivity contribution in [1.82, 2.24) is 15.5 Å². The van der Waals surface area contributed by atoms with Crippen LogP contribution in [0, 0.1) is 35.0 Å². The third kappa shape index (κ3) is 6.22. The Labute approximate surface area is 286 Å². The zero-order valence-corrected chi connectivity index (χ0v) is 31.6. The molecule has 2 saturated carbocycles. The monoisotopic (exact) mass is 667 g/mol. The van der Waals surface area contributed by atoms with Gasteiger partial charge in [0, 0.05) is 38.0 Å². The molecule has 262 valence electrons. The van der Waals surface area contributed by atoms with Crippen LogP contribution in [0.1, 0.15) is 120 Å². The van der Waals surface area contributed by atoms with Crippen molar-refractivity contribution in [1.29, 1.82) is 0 Å². The topological polar surface area (TPSA) is 87.7 Å². The number of nitrogens with one attached hydrogen (secondary N) is 2. The number of carbonyl (C=O) groups excluding carboxylic acids is 3. The Kier molecular flexibility index (Phi) is 9.49.